The van der Waals surface area contributed by atoms with Crippen molar-refractivity contribution >= 4 is 34.5 Å². The van der Waals surface area contributed by atoms with Crippen LogP contribution in [0.2, 0.25) is 5.02 Å². The van der Waals surface area contributed by atoms with Crippen LogP contribution in [0.3, 0.4) is 0 Å². The van der Waals surface area contributed by atoms with Crippen LogP contribution in [0.25, 0.3) is 0 Å². The van der Waals surface area contributed by atoms with Crippen LogP contribution >= 0.6 is 22.9 Å². The summed E-state index contributed by atoms with van der Waals surface area (Å²) in [7, 11) is 1.57. The molecule has 1 aromatic heterocycles. The Hall–Kier alpha value is -1.52. The van der Waals surface area contributed by atoms with E-state index in [4.69, 9.17) is 16.3 Å². The molecule has 5 heteroatoms. The quantitative estimate of drug-likeness (QED) is 0.925. The van der Waals surface area contributed by atoms with Crippen LogP contribution in [0.5, 0.6) is 5.75 Å². The van der Waals surface area contributed by atoms with E-state index in [0.717, 1.165) is 17.7 Å². The van der Waals surface area contributed by atoms with Crippen molar-refractivity contribution < 1.29 is 9.53 Å². The molecule has 0 spiro atoms. The van der Waals surface area contributed by atoms with Gasteiger partial charge in [0, 0.05) is 9.90 Å². The third-order valence-corrected chi connectivity index (χ3v) is 4.85. The van der Waals surface area contributed by atoms with Crippen molar-refractivity contribution in [3.63, 3.8) is 0 Å². The number of thiophene rings is 1. The highest BCUT2D eigenvalue weighted by atomic mass is 35.5. The van der Waals surface area contributed by atoms with E-state index in [1.807, 2.05) is 6.07 Å². The lowest BCUT2D eigenvalue weighted by molar-refractivity contribution is 0.103. The highest BCUT2D eigenvalue weighted by Gasteiger charge is 2.19. The molecule has 20 heavy (non-hydrogen) atoms. The number of nitrogens with one attached hydrogen (secondary N) is 1. The Morgan fingerprint density at radius 2 is 2.20 bits per heavy atom. The molecule has 1 heterocycles. The van der Waals surface area contributed by atoms with E-state index < -0.39 is 0 Å². The molecule has 0 bridgehead atoms. The summed E-state index contributed by atoms with van der Waals surface area (Å²) in [6.45, 7) is 0. The third-order valence-electron chi connectivity index (χ3n) is 3.38. The molecule has 2 aromatic rings. The topological polar surface area (TPSA) is 38.3 Å². The SMILES string of the molecule is COc1ccc(Cl)cc1NC(=O)c1cc2c(s1)CCC2. The molecule has 1 N–H and O–H groups in total. The Balaban J connectivity index is 1.83. The number of fused-ring (bicyclic) bond motifs is 1. The zero-order chi connectivity index (χ0) is 14.1. The van der Waals surface area contributed by atoms with E-state index >= 15 is 0 Å². The number of carbonyl (C=O) groups excluding carboxylic acids is 1. The van der Waals surface area contributed by atoms with Gasteiger partial charge in [-0.3, -0.25) is 4.79 Å². The third kappa shape index (κ3) is 2.53. The minimum absolute atomic E-state index is 0.107. The maximum atomic E-state index is 12.3. The number of rotatable bonds is 3. The smallest absolute Gasteiger partial charge is 0.265 e. The second-order valence-corrected chi connectivity index (χ2v) is 6.28. The zero-order valence-corrected chi connectivity index (χ0v) is 12.6. The van der Waals surface area contributed by atoms with Crippen molar-refractivity contribution in [3.8, 4) is 5.75 Å². The van der Waals surface area contributed by atoms with E-state index in [9.17, 15) is 4.79 Å². The fourth-order valence-electron chi connectivity index (χ4n) is 2.40. The number of amides is 1. The van der Waals surface area contributed by atoms with Gasteiger partial charge in [-0.05, 0) is 49.1 Å². The molecule has 0 unspecified atom stereocenters. The van der Waals surface area contributed by atoms with Crippen molar-refractivity contribution in [2.75, 3.05) is 12.4 Å². The van der Waals surface area contributed by atoms with Gasteiger partial charge in [0.25, 0.3) is 5.91 Å². The lowest BCUT2D eigenvalue weighted by Crippen LogP contribution is -2.11. The van der Waals surface area contributed by atoms with Crippen LogP contribution in [0.4, 0.5) is 5.69 Å². The number of hydrogen-bond acceptors (Lipinski definition) is 3. The molecule has 1 aliphatic rings. The second-order valence-electron chi connectivity index (χ2n) is 4.71. The first-order chi connectivity index (χ1) is 9.67. The first kappa shape index (κ1) is 13.5. The summed E-state index contributed by atoms with van der Waals surface area (Å²) in [5.74, 6) is 0.497. The van der Waals surface area contributed by atoms with E-state index in [1.165, 1.54) is 16.9 Å². The Kier molecular flexibility index (Phi) is 3.68. The highest BCUT2D eigenvalue weighted by molar-refractivity contribution is 7.14. The lowest BCUT2D eigenvalue weighted by atomic mass is 10.2. The first-order valence-electron chi connectivity index (χ1n) is 6.44. The Bertz CT molecular complexity index is 644. The summed E-state index contributed by atoms with van der Waals surface area (Å²) in [5, 5.41) is 3.43. The monoisotopic (exact) mass is 307 g/mol. The molecule has 1 aromatic carbocycles. The van der Waals surface area contributed by atoms with Gasteiger partial charge in [-0.15, -0.1) is 11.3 Å². The Labute approximate surface area is 126 Å². The number of hydrogen-bond donors (Lipinski definition) is 1. The zero-order valence-electron chi connectivity index (χ0n) is 11.0. The van der Waals surface area contributed by atoms with Crippen molar-refractivity contribution in [1.82, 2.24) is 0 Å². The number of ether oxygens (including phenoxy) is 1. The average molecular weight is 308 g/mol. The van der Waals surface area contributed by atoms with Gasteiger partial charge in [0.05, 0.1) is 17.7 Å². The highest BCUT2D eigenvalue weighted by Crippen LogP contribution is 2.32. The van der Waals surface area contributed by atoms with Crippen LogP contribution in [0.1, 0.15) is 26.5 Å². The summed E-state index contributed by atoms with van der Waals surface area (Å²) in [6.07, 6.45) is 3.37. The van der Waals surface area contributed by atoms with Crippen LogP contribution in [0, 0.1) is 0 Å². The maximum Gasteiger partial charge on any atom is 0.265 e. The van der Waals surface area contributed by atoms with E-state index in [2.05, 4.69) is 5.32 Å². The minimum atomic E-state index is -0.107. The van der Waals surface area contributed by atoms with Crippen LogP contribution in [0.15, 0.2) is 24.3 Å². The molecule has 0 atom stereocenters. The van der Waals surface area contributed by atoms with Crippen LogP contribution < -0.4 is 10.1 Å². The summed E-state index contributed by atoms with van der Waals surface area (Å²) in [4.78, 5) is 14.4. The molecular formula is C15H14ClNO2S. The molecule has 0 radical (unpaired) electrons. The van der Waals surface area contributed by atoms with Gasteiger partial charge < -0.3 is 10.1 Å². The van der Waals surface area contributed by atoms with Gasteiger partial charge in [-0.25, -0.2) is 0 Å². The summed E-state index contributed by atoms with van der Waals surface area (Å²) >= 11 is 7.54. The average Bonchev–Trinajstić information content (AvgIpc) is 2.99. The molecule has 0 aliphatic heterocycles. The van der Waals surface area contributed by atoms with Gasteiger partial charge in [0.1, 0.15) is 5.75 Å². The number of benzene rings is 1. The molecule has 0 fully saturated rings. The summed E-state index contributed by atoms with van der Waals surface area (Å²) in [5.41, 5.74) is 1.91. The molecule has 3 rings (SSSR count). The number of aryl methyl sites for hydroxylation is 2. The summed E-state index contributed by atoms with van der Waals surface area (Å²) in [6, 6.07) is 7.17. The molecule has 104 valence electrons. The Morgan fingerprint density at radius 3 is 2.95 bits per heavy atom. The van der Waals surface area contributed by atoms with Gasteiger partial charge >= 0.3 is 0 Å². The van der Waals surface area contributed by atoms with Crippen molar-refractivity contribution in [1.29, 1.82) is 0 Å². The molecule has 3 nitrogen and oxygen atoms in total. The van der Waals surface area contributed by atoms with E-state index in [1.54, 1.807) is 36.6 Å². The molecule has 0 saturated carbocycles. The van der Waals surface area contributed by atoms with Crippen molar-refractivity contribution in [2.24, 2.45) is 0 Å². The van der Waals surface area contributed by atoms with Crippen molar-refractivity contribution in [2.45, 2.75) is 19.3 Å². The molecule has 0 saturated heterocycles. The number of methoxy groups -OCH3 is 1. The molecule has 1 aliphatic carbocycles. The van der Waals surface area contributed by atoms with Gasteiger partial charge in [-0.2, -0.15) is 0 Å². The fourth-order valence-corrected chi connectivity index (χ4v) is 3.72. The maximum absolute atomic E-state index is 12.3. The first-order valence-corrected chi connectivity index (χ1v) is 7.63. The van der Waals surface area contributed by atoms with Crippen LogP contribution in [-0.2, 0) is 12.8 Å². The van der Waals surface area contributed by atoms with Crippen LogP contribution in [-0.4, -0.2) is 13.0 Å². The van der Waals surface area contributed by atoms with Crippen molar-refractivity contribution in [3.05, 3.63) is 44.6 Å². The second kappa shape index (κ2) is 5.46. The summed E-state index contributed by atoms with van der Waals surface area (Å²) < 4.78 is 5.23. The minimum Gasteiger partial charge on any atom is -0.495 e. The number of halogens is 1. The largest absolute Gasteiger partial charge is 0.495 e. The standard InChI is InChI=1S/C15H14ClNO2S/c1-19-12-6-5-10(16)8-11(12)17-15(18)14-7-9-3-2-4-13(9)20-14/h5-8H,2-4H2,1H3,(H,17,18). The number of carbonyl (C=O) groups is 1. The normalized spacial score (nSPS) is 13.1. The number of anilines is 1. The van der Waals surface area contributed by atoms with E-state index in [0.29, 0.717) is 16.5 Å². The Morgan fingerprint density at radius 1 is 1.35 bits per heavy atom. The predicted octanol–water partition coefficient (Wildman–Crippen LogP) is 4.15. The van der Waals surface area contributed by atoms with Gasteiger partial charge in [0.15, 0.2) is 0 Å². The van der Waals surface area contributed by atoms with Gasteiger partial charge in [-0.1, -0.05) is 11.6 Å². The molecular weight excluding hydrogens is 294 g/mol. The fraction of sp³-hybridized carbons (Fsp3) is 0.267. The van der Waals surface area contributed by atoms with E-state index in [-0.39, 0.29) is 5.91 Å². The lowest BCUT2D eigenvalue weighted by Gasteiger charge is -2.09. The predicted molar refractivity (Wildman–Crippen MR) is 82.3 cm³/mol. The van der Waals surface area contributed by atoms with Gasteiger partial charge in [0.2, 0.25) is 0 Å². The molecule has 1 amide bonds.